The molecule has 3 rings (SSSR count). The molecule has 0 aliphatic heterocycles. The second kappa shape index (κ2) is 8.91. The van der Waals surface area contributed by atoms with E-state index in [1.807, 2.05) is 42.5 Å². The van der Waals surface area contributed by atoms with Gasteiger partial charge in [-0.25, -0.2) is 13.2 Å². The van der Waals surface area contributed by atoms with Crippen LogP contribution in [-0.2, 0) is 4.79 Å². The topological polar surface area (TPSA) is 45.7 Å². The standard InChI is InChI=1S/C21H16ClF3N2O/c22-15-8-6-14(7-9-15)21(13-4-2-1-3-5-13)26-12-18(28)27-17-11-10-16(23)19(24)20(17)25/h1-11,21,26H,12H2,(H,27,28)/p+1/t21-/m1/s1. The van der Waals surface area contributed by atoms with E-state index in [1.54, 1.807) is 17.4 Å². The maximum absolute atomic E-state index is 13.7. The van der Waals surface area contributed by atoms with Crippen LogP contribution in [0.3, 0.4) is 0 Å². The number of halogens is 4. The Labute approximate surface area is 165 Å². The highest BCUT2D eigenvalue weighted by molar-refractivity contribution is 6.30. The first kappa shape index (κ1) is 19.9. The van der Waals surface area contributed by atoms with Gasteiger partial charge in [0.1, 0.15) is 6.04 Å². The number of rotatable bonds is 6. The minimum atomic E-state index is -1.62. The molecule has 0 spiro atoms. The Morgan fingerprint density at radius 2 is 1.54 bits per heavy atom. The van der Waals surface area contributed by atoms with Crippen LogP contribution in [0.25, 0.3) is 0 Å². The molecule has 0 aliphatic carbocycles. The molecule has 0 heterocycles. The fraction of sp³-hybridized carbons (Fsp3) is 0.0952. The van der Waals surface area contributed by atoms with Gasteiger partial charge in [-0.15, -0.1) is 0 Å². The van der Waals surface area contributed by atoms with Gasteiger partial charge in [-0.05, 0) is 24.3 Å². The normalized spacial score (nSPS) is 11.9. The Morgan fingerprint density at radius 3 is 2.21 bits per heavy atom. The van der Waals surface area contributed by atoms with E-state index in [0.29, 0.717) is 5.02 Å². The number of nitrogens with two attached hydrogens (primary N) is 1. The molecule has 144 valence electrons. The number of benzene rings is 3. The largest absolute Gasteiger partial charge is 0.328 e. The summed E-state index contributed by atoms with van der Waals surface area (Å²) in [6.07, 6.45) is 0. The Morgan fingerprint density at radius 1 is 0.893 bits per heavy atom. The molecule has 0 saturated carbocycles. The minimum Gasteiger partial charge on any atom is -0.328 e. The van der Waals surface area contributed by atoms with Gasteiger partial charge < -0.3 is 10.6 Å². The van der Waals surface area contributed by atoms with Crippen molar-refractivity contribution < 1.29 is 23.3 Å². The molecular formula is C21H17ClF3N2O+. The average Bonchev–Trinajstić information content (AvgIpc) is 2.71. The number of hydrogen-bond acceptors (Lipinski definition) is 1. The summed E-state index contributed by atoms with van der Waals surface area (Å²) in [7, 11) is 0. The molecule has 3 aromatic rings. The van der Waals surface area contributed by atoms with E-state index in [2.05, 4.69) is 5.32 Å². The second-order valence-corrected chi connectivity index (χ2v) is 6.59. The quantitative estimate of drug-likeness (QED) is 0.597. The van der Waals surface area contributed by atoms with E-state index in [1.165, 1.54) is 0 Å². The van der Waals surface area contributed by atoms with Crippen molar-refractivity contribution in [1.82, 2.24) is 0 Å². The van der Waals surface area contributed by atoms with Crippen molar-refractivity contribution >= 4 is 23.2 Å². The number of amides is 1. The van der Waals surface area contributed by atoms with Crippen LogP contribution in [-0.4, -0.2) is 12.5 Å². The van der Waals surface area contributed by atoms with Crippen molar-refractivity contribution in [2.24, 2.45) is 0 Å². The van der Waals surface area contributed by atoms with E-state index >= 15 is 0 Å². The lowest BCUT2D eigenvalue weighted by Crippen LogP contribution is -2.87. The molecule has 3 N–H and O–H groups in total. The summed E-state index contributed by atoms with van der Waals surface area (Å²) in [6, 6.07) is 18.3. The Hall–Kier alpha value is -2.83. The maximum Gasteiger partial charge on any atom is 0.279 e. The number of nitrogens with one attached hydrogen (secondary N) is 1. The van der Waals surface area contributed by atoms with E-state index < -0.39 is 29.0 Å². The third-order valence-electron chi connectivity index (χ3n) is 4.24. The van der Waals surface area contributed by atoms with Crippen LogP contribution in [0.5, 0.6) is 0 Å². The van der Waals surface area contributed by atoms with Crippen LogP contribution in [0.15, 0.2) is 66.7 Å². The summed E-state index contributed by atoms with van der Waals surface area (Å²) in [4.78, 5) is 12.2. The third-order valence-corrected chi connectivity index (χ3v) is 4.49. The summed E-state index contributed by atoms with van der Waals surface area (Å²) >= 11 is 5.95. The fourth-order valence-corrected chi connectivity index (χ4v) is 2.97. The van der Waals surface area contributed by atoms with E-state index in [0.717, 1.165) is 23.3 Å². The first-order valence-corrected chi connectivity index (χ1v) is 8.90. The predicted octanol–water partition coefficient (Wildman–Crippen LogP) is 4.05. The smallest absolute Gasteiger partial charge is 0.279 e. The molecular weight excluding hydrogens is 389 g/mol. The molecule has 0 saturated heterocycles. The number of quaternary nitrogens is 1. The van der Waals surface area contributed by atoms with Crippen LogP contribution >= 0.6 is 11.6 Å². The zero-order valence-corrected chi connectivity index (χ0v) is 15.4. The Balaban J connectivity index is 1.74. The molecule has 0 aliphatic rings. The van der Waals surface area contributed by atoms with Crippen LogP contribution in [0.4, 0.5) is 18.9 Å². The highest BCUT2D eigenvalue weighted by Gasteiger charge is 2.20. The Bertz CT molecular complexity index is 965. The second-order valence-electron chi connectivity index (χ2n) is 6.15. The van der Waals surface area contributed by atoms with E-state index in [9.17, 15) is 18.0 Å². The fourth-order valence-electron chi connectivity index (χ4n) is 2.84. The van der Waals surface area contributed by atoms with Gasteiger partial charge in [-0.2, -0.15) is 0 Å². The summed E-state index contributed by atoms with van der Waals surface area (Å²) < 4.78 is 40.1. The monoisotopic (exact) mass is 405 g/mol. The zero-order chi connectivity index (χ0) is 20.1. The lowest BCUT2D eigenvalue weighted by atomic mass is 9.99. The summed E-state index contributed by atoms with van der Waals surface area (Å²) in [5, 5.41) is 4.64. The molecule has 0 bridgehead atoms. The molecule has 0 unspecified atom stereocenters. The van der Waals surface area contributed by atoms with Gasteiger partial charge in [0.2, 0.25) is 0 Å². The van der Waals surface area contributed by atoms with Gasteiger partial charge in [0.15, 0.2) is 24.0 Å². The van der Waals surface area contributed by atoms with Crippen LogP contribution in [0, 0.1) is 17.5 Å². The molecule has 0 radical (unpaired) electrons. The number of carbonyl (C=O) groups excluding carboxylic acids is 1. The minimum absolute atomic E-state index is 0.0549. The van der Waals surface area contributed by atoms with Crippen molar-refractivity contribution in [2.75, 3.05) is 11.9 Å². The van der Waals surface area contributed by atoms with Crippen molar-refractivity contribution in [3.63, 3.8) is 0 Å². The molecule has 7 heteroatoms. The lowest BCUT2D eigenvalue weighted by Gasteiger charge is -2.17. The van der Waals surface area contributed by atoms with Crippen molar-refractivity contribution in [3.8, 4) is 0 Å². The highest BCUT2D eigenvalue weighted by atomic mass is 35.5. The average molecular weight is 406 g/mol. The molecule has 0 aromatic heterocycles. The molecule has 0 fully saturated rings. The molecule has 3 aromatic carbocycles. The van der Waals surface area contributed by atoms with Gasteiger partial charge in [-0.1, -0.05) is 54.1 Å². The van der Waals surface area contributed by atoms with Gasteiger partial charge >= 0.3 is 0 Å². The van der Waals surface area contributed by atoms with E-state index in [-0.39, 0.29) is 12.6 Å². The van der Waals surface area contributed by atoms with Gasteiger partial charge in [-0.3, -0.25) is 4.79 Å². The van der Waals surface area contributed by atoms with E-state index in [4.69, 9.17) is 11.6 Å². The molecule has 1 amide bonds. The van der Waals surface area contributed by atoms with Crippen molar-refractivity contribution in [2.45, 2.75) is 6.04 Å². The summed E-state index contributed by atoms with van der Waals surface area (Å²) in [5.74, 6) is -4.90. The molecule has 28 heavy (non-hydrogen) atoms. The highest BCUT2D eigenvalue weighted by Crippen LogP contribution is 2.21. The third kappa shape index (κ3) is 4.71. The number of hydrogen-bond donors (Lipinski definition) is 2. The van der Waals surface area contributed by atoms with Crippen LogP contribution < -0.4 is 10.6 Å². The van der Waals surface area contributed by atoms with Crippen LogP contribution in [0.1, 0.15) is 17.2 Å². The summed E-state index contributed by atoms with van der Waals surface area (Å²) in [5.41, 5.74) is 1.50. The molecule has 3 nitrogen and oxygen atoms in total. The summed E-state index contributed by atoms with van der Waals surface area (Å²) in [6.45, 7) is -0.0549. The van der Waals surface area contributed by atoms with Gasteiger partial charge in [0.05, 0.1) is 5.69 Å². The predicted molar refractivity (Wildman–Crippen MR) is 101 cm³/mol. The molecule has 1 atom stereocenters. The Kier molecular flexibility index (Phi) is 6.34. The van der Waals surface area contributed by atoms with Gasteiger partial charge in [0.25, 0.3) is 5.91 Å². The zero-order valence-electron chi connectivity index (χ0n) is 14.6. The number of carbonyl (C=O) groups is 1. The van der Waals surface area contributed by atoms with Crippen molar-refractivity contribution in [3.05, 3.63) is 100 Å². The first-order valence-electron chi connectivity index (χ1n) is 8.53. The van der Waals surface area contributed by atoms with Gasteiger partial charge in [0, 0.05) is 16.1 Å². The SMILES string of the molecule is O=C(C[NH2+][C@H](c1ccccc1)c1ccc(Cl)cc1)Nc1ccc(F)c(F)c1F. The lowest BCUT2D eigenvalue weighted by molar-refractivity contribution is -0.676. The van der Waals surface area contributed by atoms with Crippen LogP contribution in [0.2, 0.25) is 5.02 Å². The maximum atomic E-state index is 13.7. The number of anilines is 1. The van der Waals surface area contributed by atoms with Crippen molar-refractivity contribution in [1.29, 1.82) is 0 Å². The first-order chi connectivity index (χ1) is 13.5.